The Hall–Kier alpha value is -2.18. The van der Waals surface area contributed by atoms with Gasteiger partial charge in [-0.3, -0.25) is 9.59 Å². The van der Waals surface area contributed by atoms with Crippen molar-refractivity contribution in [3.63, 3.8) is 0 Å². The number of carbonyl (C=O) groups excluding carboxylic acids is 2. The summed E-state index contributed by atoms with van der Waals surface area (Å²) < 4.78 is 26.2. The molecule has 0 saturated carbocycles. The molecular weight excluding hydrogens is 244 g/mol. The van der Waals surface area contributed by atoms with E-state index < -0.39 is 35.1 Å². The highest BCUT2D eigenvalue weighted by Crippen LogP contribution is 2.32. The normalized spacial score (nSPS) is 19.3. The molecule has 1 heterocycles. The number of nitrogens with two attached hydrogens (primary N) is 2. The quantitative estimate of drug-likeness (QED) is 0.749. The number of nitrogens with zero attached hydrogens (tertiary/aromatic N) is 1. The first kappa shape index (κ1) is 12.3. The van der Waals surface area contributed by atoms with E-state index in [1.54, 1.807) is 0 Å². The Morgan fingerprint density at radius 3 is 2.61 bits per heavy atom. The molecule has 1 aromatic carbocycles. The van der Waals surface area contributed by atoms with Crippen LogP contribution in [-0.2, 0) is 9.59 Å². The van der Waals surface area contributed by atoms with Crippen LogP contribution in [0.3, 0.4) is 0 Å². The van der Waals surface area contributed by atoms with Gasteiger partial charge in [0.15, 0.2) is 11.6 Å². The van der Waals surface area contributed by atoms with Crippen LogP contribution in [-0.4, -0.2) is 18.4 Å². The number of carbonyl (C=O) groups is 2. The second-order valence-electron chi connectivity index (χ2n) is 4.10. The molecule has 1 atom stereocenters. The van der Waals surface area contributed by atoms with E-state index >= 15 is 0 Å². The van der Waals surface area contributed by atoms with Crippen molar-refractivity contribution in [3.8, 4) is 0 Å². The van der Waals surface area contributed by atoms with Crippen LogP contribution in [0.25, 0.3) is 0 Å². The molecule has 0 radical (unpaired) electrons. The molecular formula is C11H11F2N3O2. The molecule has 4 N–H and O–H groups in total. The lowest BCUT2D eigenvalue weighted by Crippen LogP contribution is -2.29. The van der Waals surface area contributed by atoms with Crippen LogP contribution in [0.1, 0.15) is 6.42 Å². The molecule has 7 heteroatoms. The summed E-state index contributed by atoms with van der Waals surface area (Å²) in [5, 5.41) is 0. The molecule has 1 aliphatic rings. The van der Waals surface area contributed by atoms with Crippen LogP contribution in [0, 0.1) is 17.6 Å². The molecule has 96 valence electrons. The Bertz CT molecular complexity index is 533. The van der Waals surface area contributed by atoms with Gasteiger partial charge >= 0.3 is 0 Å². The average Bonchev–Trinajstić information content (AvgIpc) is 2.69. The van der Waals surface area contributed by atoms with Gasteiger partial charge in [-0.25, -0.2) is 8.78 Å². The number of hydrogen-bond acceptors (Lipinski definition) is 3. The number of hydrogen-bond donors (Lipinski definition) is 2. The standard InChI is InChI=1S/C11H11F2N3O2/c12-6-1-2-7(10(14)9(6)13)16-4-5(11(15)18)3-8(16)17/h1-2,5H,3-4,14H2,(H2,15,18). The van der Waals surface area contributed by atoms with Crippen LogP contribution in [0.15, 0.2) is 12.1 Å². The van der Waals surface area contributed by atoms with Crippen LogP contribution in [0.4, 0.5) is 20.2 Å². The van der Waals surface area contributed by atoms with Gasteiger partial charge in [0.05, 0.1) is 17.3 Å². The predicted molar refractivity (Wildman–Crippen MR) is 60.4 cm³/mol. The van der Waals surface area contributed by atoms with E-state index in [2.05, 4.69) is 0 Å². The zero-order valence-electron chi connectivity index (χ0n) is 9.32. The van der Waals surface area contributed by atoms with Crippen molar-refractivity contribution in [2.75, 3.05) is 17.2 Å². The molecule has 2 rings (SSSR count). The number of nitrogen functional groups attached to an aromatic ring is 1. The monoisotopic (exact) mass is 255 g/mol. The maximum absolute atomic E-state index is 13.3. The summed E-state index contributed by atoms with van der Waals surface area (Å²) in [7, 11) is 0. The molecule has 0 spiro atoms. The Kier molecular flexibility index (Phi) is 2.90. The molecule has 1 fully saturated rings. The first-order valence-corrected chi connectivity index (χ1v) is 5.25. The number of anilines is 2. The van der Waals surface area contributed by atoms with Gasteiger partial charge < -0.3 is 16.4 Å². The lowest BCUT2D eigenvalue weighted by atomic mass is 10.1. The van der Waals surface area contributed by atoms with Crippen molar-refractivity contribution in [1.82, 2.24) is 0 Å². The van der Waals surface area contributed by atoms with E-state index in [0.717, 1.165) is 11.0 Å². The van der Waals surface area contributed by atoms with E-state index in [1.807, 2.05) is 0 Å². The summed E-state index contributed by atoms with van der Waals surface area (Å²) in [6.45, 7) is 0.0312. The number of halogens is 2. The smallest absolute Gasteiger partial charge is 0.227 e. The van der Waals surface area contributed by atoms with Crippen LogP contribution >= 0.6 is 0 Å². The molecule has 1 aromatic rings. The zero-order chi connectivity index (χ0) is 13.4. The maximum atomic E-state index is 13.3. The third kappa shape index (κ3) is 1.87. The minimum absolute atomic E-state index is 0.0312. The summed E-state index contributed by atoms with van der Waals surface area (Å²) in [6, 6.07) is 2.08. The third-order valence-electron chi connectivity index (χ3n) is 2.93. The molecule has 0 aliphatic carbocycles. The van der Waals surface area contributed by atoms with E-state index in [4.69, 9.17) is 11.5 Å². The summed E-state index contributed by atoms with van der Waals surface area (Å²) in [5.41, 5.74) is 10.1. The average molecular weight is 255 g/mol. The Labute approximate surface area is 101 Å². The van der Waals surface area contributed by atoms with Crippen LogP contribution < -0.4 is 16.4 Å². The van der Waals surface area contributed by atoms with E-state index in [0.29, 0.717) is 0 Å². The van der Waals surface area contributed by atoms with Gasteiger partial charge in [0, 0.05) is 13.0 Å². The Morgan fingerprint density at radius 2 is 2.06 bits per heavy atom. The topological polar surface area (TPSA) is 89.4 Å². The van der Waals surface area contributed by atoms with Gasteiger partial charge in [-0.2, -0.15) is 0 Å². The molecule has 1 saturated heterocycles. The highest BCUT2D eigenvalue weighted by molar-refractivity contribution is 6.02. The minimum Gasteiger partial charge on any atom is -0.395 e. The van der Waals surface area contributed by atoms with Gasteiger partial charge in [-0.15, -0.1) is 0 Å². The molecule has 18 heavy (non-hydrogen) atoms. The molecule has 0 bridgehead atoms. The lowest BCUT2D eigenvalue weighted by Gasteiger charge is -2.18. The molecule has 1 aliphatic heterocycles. The number of primary amides is 1. The molecule has 2 amide bonds. The van der Waals surface area contributed by atoms with Crippen molar-refractivity contribution in [1.29, 1.82) is 0 Å². The van der Waals surface area contributed by atoms with Crippen LogP contribution in [0.2, 0.25) is 0 Å². The van der Waals surface area contributed by atoms with Gasteiger partial charge in [-0.05, 0) is 12.1 Å². The highest BCUT2D eigenvalue weighted by Gasteiger charge is 2.35. The Balaban J connectivity index is 2.36. The molecule has 5 nitrogen and oxygen atoms in total. The fraction of sp³-hybridized carbons (Fsp3) is 0.273. The van der Waals surface area contributed by atoms with Gasteiger partial charge in [0.2, 0.25) is 11.8 Å². The van der Waals surface area contributed by atoms with Crippen molar-refractivity contribution >= 4 is 23.2 Å². The summed E-state index contributed by atoms with van der Waals surface area (Å²) in [4.78, 5) is 23.8. The largest absolute Gasteiger partial charge is 0.395 e. The summed E-state index contributed by atoms with van der Waals surface area (Å²) in [5.74, 6) is -3.93. The van der Waals surface area contributed by atoms with E-state index in [9.17, 15) is 18.4 Å². The predicted octanol–water partition coefficient (Wildman–Crippen LogP) is 0.385. The number of rotatable bonds is 2. The molecule has 1 unspecified atom stereocenters. The van der Waals surface area contributed by atoms with Gasteiger partial charge in [0.25, 0.3) is 0 Å². The number of benzene rings is 1. The first-order valence-electron chi connectivity index (χ1n) is 5.25. The van der Waals surface area contributed by atoms with Crippen molar-refractivity contribution in [3.05, 3.63) is 23.8 Å². The molecule has 0 aromatic heterocycles. The van der Waals surface area contributed by atoms with Gasteiger partial charge in [-0.1, -0.05) is 0 Å². The zero-order valence-corrected chi connectivity index (χ0v) is 9.32. The third-order valence-corrected chi connectivity index (χ3v) is 2.93. The lowest BCUT2D eigenvalue weighted by molar-refractivity contribution is -0.123. The Morgan fingerprint density at radius 1 is 1.39 bits per heavy atom. The fourth-order valence-electron chi connectivity index (χ4n) is 1.92. The highest BCUT2D eigenvalue weighted by atomic mass is 19.2. The number of amides is 2. The SMILES string of the molecule is NC(=O)C1CC(=O)N(c2ccc(F)c(F)c2N)C1. The first-order chi connectivity index (χ1) is 8.41. The van der Waals surface area contributed by atoms with Crippen molar-refractivity contribution < 1.29 is 18.4 Å². The van der Waals surface area contributed by atoms with E-state index in [-0.39, 0.29) is 18.7 Å². The summed E-state index contributed by atoms with van der Waals surface area (Å²) in [6.07, 6.45) is -0.0478. The maximum Gasteiger partial charge on any atom is 0.227 e. The summed E-state index contributed by atoms with van der Waals surface area (Å²) >= 11 is 0. The minimum atomic E-state index is -1.21. The second kappa shape index (κ2) is 4.25. The van der Waals surface area contributed by atoms with Crippen molar-refractivity contribution in [2.45, 2.75) is 6.42 Å². The van der Waals surface area contributed by atoms with Crippen LogP contribution in [0.5, 0.6) is 0 Å². The van der Waals surface area contributed by atoms with E-state index in [1.165, 1.54) is 6.07 Å². The second-order valence-corrected chi connectivity index (χ2v) is 4.10. The fourth-order valence-corrected chi connectivity index (χ4v) is 1.92. The van der Waals surface area contributed by atoms with Gasteiger partial charge in [0.1, 0.15) is 0 Å². The van der Waals surface area contributed by atoms with Crippen molar-refractivity contribution in [2.24, 2.45) is 11.7 Å².